The summed E-state index contributed by atoms with van der Waals surface area (Å²) in [5, 5.41) is 15.4. The van der Waals surface area contributed by atoms with Crippen molar-refractivity contribution >= 4 is 30.7 Å². The van der Waals surface area contributed by atoms with Gasteiger partial charge in [0.05, 0.1) is 0 Å². The molecule has 4 atom stereocenters. The molecular formula is C20H34Cl2N6O. The number of piperidine rings is 3. The summed E-state index contributed by atoms with van der Waals surface area (Å²) in [7, 11) is 0. The maximum Gasteiger partial charge on any atom is 0.289 e. The molecule has 1 aromatic heterocycles. The fraction of sp³-hybridized carbons (Fsp3) is 0.850. The Morgan fingerprint density at radius 2 is 1.86 bits per heavy atom. The number of hydrogen-bond donors (Lipinski definition) is 2. The van der Waals surface area contributed by atoms with Crippen molar-refractivity contribution in [2.45, 2.75) is 70.0 Å². The van der Waals surface area contributed by atoms with Crippen LogP contribution in [0.3, 0.4) is 0 Å². The quantitative estimate of drug-likeness (QED) is 0.745. The highest BCUT2D eigenvalue weighted by Gasteiger charge is 2.45. The molecule has 0 spiro atoms. The van der Waals surface area contributed by atoms with Crippen LogP contribution >= 0.6 is 24.8 Å². The number of fused-ring (bicyclic) bond motifs is 5. The third-order valence-corrected chi connectivity index (χ3v) is 7.31. The van der Waals surface area contributed by atoms with Crippen molar-refractivity contribution in [2.24, 2.45) is 11.8 Å². The van der Waals surface area contributed by atoms with Crippen LogP contribution in [0, 0.1) is 11.8 Å². The highest BCUT2D eigenvalue weighted by molar-refractivity contribution is 5.90. The van der Waals surface area contributed by atoms with Gasteiger partial charge in [-0.3, -0.25) is 9.69 Å². The van der Waals surface area contributed by atoms with Crippen molar-refractivity contribution < 1.29 is 4.79 Å². The van der Waals surface area contributed by atoms with E-state index in [9.17, 15) is 4.79 Å². The minimum absolute atomic E-state index is 0. The van der Waals surface area contributed by atoms with Crippen LogP contribution in [0.1, 0.15) is 61.4 Å². The molecule has 0 saturated carbocycles. The van der Waals surface area contributed by atoms with E-state index in [-0.39, 0.29) is 30.7 Å². The number of aryl methyl sites for hydroxylation is 1. The molecular weight excluding hydrogens is 411 g/mol. The van der Waals surface area contributed by atoms with Crippen molar-refractivity contribution in [2.75, 3.05) is 26.2 Å². The smallest absolute Gasteiger partial charge is 0.289 e. The van der Waals surface area contributed by atoms with Crippen LogP contribution in [0.2, 0.25) is 0 Å². The Balaban J connectivity index is 0.00000120. The molecule has 4 aliphatic rings. The van der Waals surface area contributed by atoms with Crippen molar-refractivity contribution in [3.05, 3.63) is 11.6 Å². The third kappa shape index (κ3) is 4.43. The lowest BCUT2D eigenvalue weighted by molar-refractivity contribution is -0.0372. The molecule has 4 aliphatic heterocycles. The number of rotatable bonds is 3. The molecule has 9 heteroatoms. The number of carbonyl (C=O) groups excluding carboxylic acids is 1. The van der Waals surface area contributed by atoms with E-state index in [1.165, 1.54) is 45.2 Å². The zero-order valence-electron chi connectivity index (χ0n) is 17.0. The largest absolute Gasteiger partial charge is 0.348 e. The fourth-order valence-corrected chi connectivity index (χ4v) is 5.98. The standard InChI is InChI=1S/C20H32N6O.2ClH/c27-20(19-24-23-18-7-2-1-4-9-26(18)19)22-13-17-15-10-14(11-21-12-15)16-6-3-5-8-25(16)17;;/h14-17,21H,1-13H2,(H,22,27);2*1H/t14-,15+,16+,17+;;/m1../s1. The number of nitrogens with one attached hydrogen (secondary N) is 2. The maximum atomic E-state index is 12.9. The molecule has 1 aromatic rings. The van der Waals surface area contributed by atoms with Gasteiger partial charge in [-0.15, -0.1) is 35.0 Å². The SMILES string of the molecule is Cl.Cl.O=C(NC[C@H]1[C@@H]2CNC[C@@H](C2)[C@@H]2CCCCN21)c1nnc2n1CCCCC2. The second kappa shape index (κ2) is 9.94. The Morgan fingerprint density at radius 1 is 1.03 bits per heavy atom. The highest BCUT2D eigenvalue weighted by atomic mass is 35.5. The second-order valence-corrected chi connectivity index (χ2v) is 8.89. The monoisotopic (exact) mass is 444 g/mol. The number of amides is 1. The van der Waals surface area contributed by atoms with E-state index >= 15 is 0 Å². The molecule has 0 unspecified atom stereocenters. The van der Waals surface area contributed by atoms with E-state index in [1.54, 1.807) is 0 Å². The third-order valence-electron chi connectivity index (χ3n) is 7.31. The zero-order valence-corrected chi connectivity index (χ0v) is 18.6. The van der Waals surface area contributed by atoms with Gasteiger partial charge in [-0.1, -0.05) is 12.8 Å². The molecule has 29 heavy (non-hydrogen) atoms. The summed E-state index contributed by atoms with van der Waals surface area (Å²) in [5.41, 5.74) is 0. The Kier molecular flexibility index (Phi) is 7.81. The Hall–Kier alpha value is -0.890. The minimum Gasteiger partial charge on any atom is -0.348 e. The summed E-state index contributed by atoms with van der Waals surface area (Å²) < 4.78 is 2.05. The summed E-state index contributed by atoms with van der Waals surface area (Å²) >= 11 is 0. The molecule has 1 amide bonds. The number of nitrogens with zero attached hydrogens (tertiary/aromatic N) is 4. The van der Waals surface area contributed by atoms with Crippen molar-refractivity contribution in [3.63, 3.8) is 0 Å². The normalized spacial score (nSPS) is 31.3. The van der Waals surface area contributed by atoms with Crippen LogP contribution in [0.5, 0.6) is 0 Å². The summed E-state index contributed by atoms with van der Waals surface area (Å²) in [6.45, 7) is 5.05. The van der Waals surface area contributed by atoms with Gasteiger partial charge in [0.1, 0.15) is 5.82 Å². The Morgan fingerprint density at radius 3 is 2.76 bits per heavy atom. The molecule has 0 radical (unpaired) electrons. The predicted octanol–water partition coefficient (Wildman–Crippen LogP) is 2.04. The second-order valence-electron chi connectivity index (χ2n) is 8.89. The number of carbonyl (C=O) groups is 1. The molecule has 5 rings (SSSR count). The molecule has 3 saturated heterocycles. The average molecular weight is 445 g/mol. The van der Waals surface area contributed by atoms with E-state index in [2.05, 4.69) is 25.7 Å². The van der Waals surface area contributed by atoms with Gasteiger partial charge in [-0.25, -0.2) is 0 Å². The molecule has 2 N–H and O–H groups in total. The highest BCUT2D eigenvalue weighted by Crippen LogP contribution is 2.38. The first-order valence-corrected chi connectivity index (χ1v) is 11.0. The average Bonchev–Trinajstić information content (AvgIpc) is 2.96. The predicted molar refractivity (Wildman–Crippen MR) is 117 cm³/mol. The zero-order chi connectivity index (χ0) is 18.2. The van der Waals surface area contributed by atoms with Gasteiger partial charge in [-0.05, 0) is 63.6 Å². The van der Waals surface area contributed by atoms with Crippen LogP contribution in [-0.4, -0.2) is 63.8 Å². The van der Waals surface area contributed by atoms with E-state index in [0.717, 1.165) is 50.6 Å². The van der Waals surface area contributed by atoms with E-state index in [4.69, 9.17) is 0 Å². The van der Waals surface area contributed by atoms with Crippen LogP contribution in [-0.2, 0) is 13.0 Å². The van der Waals surface area contributed by atoms with Crippen molar-refractivity contribution in [1.29, 1.82) is 0 Å². The Bertz CT molecular complexity index is 699. The fourth-order valence-electron chi connectivity index (χ4n) is 5.98. The Labute approximate surface area is 185 Å². The first-order chi connectivity index (χ1) is 13.3. The van der Waals surface area contributed by atoms with Gasteiger partial charge in [-0.2, -0.15) is 0 Å². The van der Waals surface area contributed by atoms with Gasteiger partial charge in [0.2, 0.25) is 5.82 Å². The molecule has 0 aliphatic carbocycles. The lowest BCUT2D eigenvalue weighted by Crippen LogP contribution is -2.65. The van der Waals surface area contributed by atoms with E-state index in [1.807, 2.05) is 4.57 Å². The lowest BCUT2D eigenvalue weighted by atomic mass is 9.73. The first-order valence-electron chi connectivity index (χ1n) is 11.0. The lowest BCUT2D eigenvalue weighted by Gasteiger charge is -2.55. The van der Waals surface area contributed by atoms with Crippen LogP contribution in [0.15, 0.2) is 0 Å². The van der Waals surface area contributed by atoms with Gasteiger partial charge >= 0.3 is 0 Å². The topological polar surface area (TPSA) is 75.1 Å². The minimum atomic E-state index is -0.0462. The first kappa shape index (κ1) is 22.8. The molecule has 164 valence electrons. The maximum absolute atomic E-state index is 12.9. The summed E-state index contributed by atoms with van der Waals surface area (Å²) in [6, 6.07) is 1.16. The summed E-state index contributed by atoms with van der Waals surface area (Å²) in [4.78, 5) is 15.6. The van der Waals surface area contributed by atoms with Crippen molar-refractivity contribution in [1.82, 2.24) is 30.3 Å². The summed E-state index contributed by atoms with van der Waals surface area (Å²) in [5.74, 6) is 2.88. The van der Waals surface area contributed by atoms with Gasteiger partial charge in [0.25, 0.3) is 5.91 Å². The van der Waals surface area contributed by atoms with Crippen LogP contribution in [0.25, 0.3) is 0 Å². The molecule has 0 aromatic carbocycles. The number of aromatic nitrogens is 3. The van der Waals surface area contributed by atoms with E-state index < -0.39 is 0 Å². The van der Waals surface area contributed by atoms with E-state index in [0.29, 0.717) is 23.8 Å². The molecule has 3 fully saturated rings. The van der Waals surface area contributed by atoms with Crippen molar-refractivity contribution in [3.8, 4) is 0 Å². The van der Waals surface area contributed by atoms with Gasteiger partial charge < -0.3 is 15.2 Å². The summed E-state index contributed by atoms with van der Waals surface area (Å²) in [6.07, 6.45) is 9.69. The molecule has 5 heterocycles. The molecule has 7 nitrogen and oxygen atoms in total. The van der Waals surface area contributed by atoms with Crippen LogP contribution < -0.4 is 10.6 Å². The number of halogens is 2. The van der Waals surface area contributed by atoms with Gasteiger partial charge in [0.15, 0.2) is 0 Å². The van der Waals surface area contributed by atoms with Crippen LogP contribution in [0.4, 0.5) is 0 Å². The number of hydrogen-bond acceptors (Lipinski definition) is 5. The van der Waals surface area contributed by atoms with Gasteiger partial charge in [0, 0.05) is 31.6 Å². The molecule has 2 bridgehead atoms.